The highest BCUT2D eigenvalue weighted by atomic mass is 32.1. The Morgan fingerprint density at radius 1 is 1.14 bits per heavy atom. The van der Waals surface area contributed by atoms with Gasteiger partial charge in [-0.1, -0.05) is 12.1 Å². The molecule has 0 saturated carbocycles. The van der Waals surface area contributed by atoms with E-state index in [0.29, 0.717) is 34.5 Å². The summed E-state index contributed by atoms with van der Waals surface area (Å²) in [4.78, 5) is 25.2. The fourth-order valence-corrected chi connectivity index (χ4v) is 3.78. The fourth-order valence-electron chi connectivity index (χ4n) is 2.80. The van der Waals surface area contributed by atoms with Crippen molar-refractivity contribution in [2.45, 2.75) is 13.0 Å². The molecular formula is C20H18N2O5S. The molecule has 0 saturated heterocycles. The molecule has 1 aliphatic heterocycles. The summed E-state index contributed by atoms with van der Waals surface area (Å²) in [6, 6.07) is 12.4. The number of carbonyl (C=O) groups is 2. The van der Waals surface area contributed by atoms with Crippen molar-refractivity contribution in [3.05, 3.63) is 64.9 Å². The molecule has 3 aromatic rings. The molecule has 3 heterocycles. The van der Waals surface area contributed by atoms with Crippen LogP contribution >= 0.6 is 11.3 Å². The Labute approximate surface area is 165 Å². The normalized spacial score (nSPS) is 15.1. The lowest BCUT2D eigenvalue weighted by Crippen LogP contribution is -2.40. The number of ether oxygens (including phenoxy) is 2. The largest absolute Gasteiger partial charge is 0.486 e. The maximum absolute atomic E-state index is 12.6. The predicted octanol–water partition coefficient (Wildman–Crippen LogP) is 3.47. The lowest BCUT2D eigenvalue weighted by Gasteiger charge is -2.26. The van der Waals surface area contributed by atoms with E-state index in [1.54, 1.807) is 18.2 Å². The predicted molar refractivity (Wildman–Crippen MR) is 104 cm³/mol. The Balaban J connectivity index is 1.35. The van der Waals surface area contributed by atoms with Gasteiger partial charge in [-0.2, -0.15) is 0 Å². The second-order valence-corrected chi connectivity index (χ2v) is 7.31. The average molecular weight is 398 g/mol. The summed E-state index contributed by atoms with van der Waals surface area (Å²) < 4.78 is 16.6. The van der Waals surface area contributed by atoms with Gasteiger partial charge in [-0.15, -0.1) is 11.3 Å². The molecule has 144 valence electrons. The monoisotopic (exact) mass is 398 g/mol. The van der Waals surface area contributed by atoms with Gasteiger partial charge >= 0.3 is 0 Å². The number of benzene rings is 1. The Morgan fingerprint density at radius 2 is 1.96 bits per heavy atom. The third-order valence-corrected chi connectivity index (χ3v) is 5.31. The van der Waals surface area contributed by atoms with Gasteiger partial charge < -0.3 is 24.5 Å². The van der Waals surface area contributed by atoms with Crippen LogP contribution in [0, 0.1) is 6.92 Å². The molecule has 0 radical (unpaired) electrons. The van der Waals surface area contributed by atoms with E-state index in [2.05, 4.69) is 10.6 Å². The summed E-state index contributed by atoms with van der Waals surface area (Å²) in [5, 5.41) is 6.19. The standard InChI is InChI=1S/C20H18N2O5S/c1-12-9-17(22-19(23)16-7-4-8-25-16)28-18(12)20(24)21-10-13-11-26-14-5-2-3-6-15(14)27-13/h2-9,13H,10-11H2,1H3,(H,21,24)(H,22,23). The zero-order valence-corrected chi connectivity index (χ0v) is 15.9. The Kier molecular flexibility index (Phi) is 5.03. The second kappa shape index (κ2) is 7.77. The van der Waals surface area contributed by atoms with E-state index in [1.165, 1.54) is 17.6 Å². The maximum atomic E-state index is 12.6. The van der Waals surface area contributed by atoms with Gasteiger partial charge in [0.25, 0.3) is 11.8 Å². The molecule has 1 unspecified atom stereocenters. The molecular weight excluding hydrogens is 380 g/mol. The number of aryl methyl sites for hydroxylation is 1. The van der Waals surface area contributed by atoms with Crippen LogP contribution in [0.1, 0.15) is 25.8 Å². The van der Waals surface area contributed by atoms with Crippen molar-refractivity contribution in [3.63, 3.8) is 0 Å². The molecule has 28 heavy (non-hydrogen) atoms. The van der Waals surface area contributed by atoms with E-state index in [-0.39, 0.29) is 23.7 Å². The maximum Gasteiger partial charge on any atom is 0.291 e. The third kappa shape index (κ3) is 3.86. The van der Waals surface area contributed by atoms with Crippen molar-refractivity contribution in [2.24, 2.45) is 0 Å². The van der Waals surface area contributed by atoms with Crippen molar-refractivity contribution in [3.8, 4) is 11.5 Å². The van der Waals surface area contributed by atoms with Crippen LogP contribution in [0.15, 0.2) is 53.1 Å². The van der Waals surface area contributed by atoms with E-state index in [9.17, 15) is 9.59 Å². The summed E-state index contributed by atoms with van der Waals surface area (Å²) in [6.07, 6.45) is 1.17. The molecule has 2 N–H and O–H groups in total. The number of thiophene rings is 1. The number of amides is 2. The first-order valence-electron chi connectivity index (χ1n) is 8.72. The number of rotatable bonds is 5. The lowest BCUT2D eigenvalue weighted by atomic mass is 10.2. The van der Waals surface area contributed by atoms with Gasteiger partial charge in [-0.05, 0) is 42.8 Å². The molecule has 0 aliphatic carbocycles. The van der Waals surface area contributed by atoms with Crippen LogP contribution in [-0.4, -0.2) is 31.1 Å². The van der Waals surface area contributed by atoms with Gasteiger partial charge in [0.15, 0.2) is 17.3 Å². The first kappa shape index (κ1) is 18.1. The van der Waals surface area contributed by atoms with Crippen molar-refractivity contribution in [1.29, 1.82) is 0 Å². The molecule has 2 amide bonds. The van der Waals surface area contributed by atoms with Gasteiger partial charge in [0, 0.05) is 0 Å². The smallest absolute Gasteiger partial charge is 0.291 e. The van der Waals surface area contributed by atoms with Crippen LogP contribution in [0.25, 0.3) is 0 Å². The van der Waals surface area contributed by atoms with E-state index in [4.69, 9.17) is 13.9 Å². The Morgan fingerprint density at radius 3 is 2.75 bits per heavy atom. The van der Waals surface area contributed by atoms with Crippen molar-refractivity contribution >= 4 is 28.2 Å². The number of hydrogen-bond acceptors (Lipinski definition) is 6. The molecule has 0 spiro atoms. The summed E-state index contributed by atoms with van der Waals surface area (Å²) in [5.74, 6) is 1.01. The van der Waals surface area contributed by atoms with Crippen LogP contribution in [0.3, 0.4) is 0 Å². The van der Waals surface area contributed by atoms with E-state index >= 15 is 0 Å². The molecule has 0 bridgehead atoms. The topological polar surface area (TPSA) is 89.8 Å². The number of furan rings is 1. The van der Waals surface area contributed by atoms with Gasteiger partial charge in [-0.3, -0.25) is 9.59 Å². The molecule has 8 heteroatoms. The molecule has 1 aromatic carbocycles. The fraction of sp³-hybridized carbons (Fsp3) is 0.200. The first-order valence-corrected chi connectivity index (χ1v) is 9.54. The van der Waals surface area contributed by atoms with Gasteiger partial charge in [0.1, 0.15) is 12.7 Å². The van der Waals surface area contributed by atoms with Crippen LogP contribution in [0.5, 0.6) is 11.5 Å². The van der Waals surface area contributed by atoms with Crippen LogP contribution in [-0.2, 0) is 0 Å². The second-order valence-electron chi connectivity index (χ2n) is 6.26. The summed E-state index contributed by atoms with van der Waals surface area (Å²) in [7, 11) is 0. The highest BCUT2D eigenvalue weighted by Crippen LogP contribution is 2.31. The zero-order chi connectivity index (χ0) is 19.5. The van der Waals surface area contributed by atoms with Crippen molar-refractivity contribution in [2.75, 3.05) is 18.5 Å². The van der Waals surface area contributed by atoms with E-state index < -0.39 is 0 Å². The summed E-state index contributed by atoms with van der Waals surface area (Å²) in [6.45, 7) is 2.51. The molecule has 4 rings (SSSR count). The van der Waals surface area contributed by atoms with Crippen LogP contribution in [0.4, 0.5) is 5.00 Å². The SMILES string of the molecule is Cc1cc(NC(=O)c2ccco2)sc1C(=O)NCC1COc2ccccc2O1. The minimum Gasteiger partial charge on any atom is -0.486 e. The minimum atomic E-state index is -0.357. The number of fused-ring (bicyclic) bond motifs is 1. The zero-order valence-electron chi connectivity index (χ0n) is 15.1. The molecule has 1 aliphatic rings. The number of para-hydroxylation sites is 2. The van der Waals surface area contributed by atoms with Crippen LogP contribution in [0.2, 0.25) is 0 Å². The lowest BCUT2D eigenvalue weighted by molar-refractivity contribution is 0.0791. The average Bonchev–Trinajstić information content (AvgIpc) is 3.36. The summed E-state index contributed by atoms with van der Waals surface area (Å²) >= 11 is 1.21. The summed E-state index contributed by atoms with van der Waals surface area (Å²) in [5.41, 5.74) is 0.781. The Hall–Kier alpha value is -3.26. The molecule has 2 aromatic heterocycles. The highest BCUT2D eigenvalue weighted by Gasteiger charge is 2.22. The first-order chi connectivity index (χ1) is 13.6. The van der Waals surface area contributed by atoms with Gasteiger partial charge in [-0.25, -0.2) is 0 Å². The molecule has 0 fully saturated rings. The number of nitrogens with one attached hydrogen (secondary N) is 2. The molecule has 1 atom stereocenters. The number of anilines is 1. The van der Waals surface area contributed by atoms with E-state index in [1.807, 2.05) is 31.2 Å². The van der Waals surface area contributed by atoms with Crippen molar-refractivity contribution < 1.29 is 23.5 Å². The number of carbonyl (C=O) groups excluding carboxylic acids is 2. The highest BCUT2D eigenvalue weighted by molar-refractivity contribution is 7.18. The van der Waals surface area contributed by atoms with E-state index in [0.717, 1.165) is 5.56 Å². The molecule has 7 nitrogen and oxygen atoms in total. The van der Waals surface area contributed by atoms with Crippen LogP contribution < -0.4 is 20.1 Å². The van der Waals surface area contributed by atoms with Gasteiger partial charge in [0.2, 0.25) is 0 Å². The third-order valence-electron chi connectivity index (χ3n) is 4.16. The Bertz CT molecular complexity index is 996. The quantitative estimate of drug-likeness (QED) is 0.687. The van der Waals surface area contributed by atoms with Crippen molar-refractivity contribution in [1.82, 2.24) is 5.32 Å². The number of hydrogen-bond donors (Lipinski definition) is 2. The minimum absolute atomic E-state index is 0.215. The van der Waals surface area contributed by atoms with Gasteiger partial charge in [0.05, 0.1) is 22.7 Å².